The summed E-state index contributed by atoms with van der Waals surface area (Å²) in [5.41, 5.74) is 1.40. The van der Waals surface area contributed by atoms with Crippen LogP contribution < -0.4 is 0 Å². The van der Waals surface area contributed by atoms with Gasteiger partial charge in [0, 0.05) is 9.85 Å². The number of carboxylic acid groups (broad SMARTS) is 2. The predicted molar refractivity (Wildman–Crippen MR) is 136 cm³/mol. The molecule has 0 amide bonds. The molecular weight excluding hydrogens is 468 g/mol. The summed E-state index contributed by atoms with van der Waals surface area (Å²) < 4.78 is 0. The fourth-order valence-corrected chi connectivity index (χ4v) is 7.06. The first-order chi connectivity index (χ1) is 15.9. The second-order valence-electron chi connectivity index (χ2n) is 10.6. The zero-order chi connectivity index (χ0) is 25.3. The summed E-state index contributed by atoms with van der Waals surface area (Å²) in [5.74, 6) is -0.737. The second kappa shape index (κ2) is 12.0. The second-order valence-corrected chi connectivity index (χ2v) is 10.6. The Bertz CT molecular complexity index is 819. The zero-order valence-electron chi connectivity index (χ0n) is 19.8. The van der Waals surface area contributed by atoms with Crippen LogP contribution in [0, 0.1) is 54.7 Å². The van der Waals surface area contributed by atoms with Crippen LogP contribution in [0.1, 0.15) is 80.1 Å². The van der Waals surface area contributed by atoms with Crippen molar-refractivity contribution >= 4 is 11.9 Å². The molecule has 0 radical (unpaired) electrons. The van der Waals surface area contributed by atoms with Crippen LogP contribution in [0.3, 0.4) is 0 Å². The van der Waals surface area contributed by atoms with Crippen LogP contribution in [0.5, 0.6) is 0 Å². The highest BCUT2D eigenvalue weighted by atomic mass is 16.6. The Morgan fingerprint density at radius 3 is 1.42 bits per heavy atom. The standard InChI is InChI=1S/2C12H17NO4.2CH4/c2*1-2-8-3-9-5-12(6-11(14)15,7-13(16)17)10(9)4-8;;/h2*4,9-10H,2-3,5-7H2,1H3,(H,14,15);2*1H4/t2*9-,10-,12-;;/m11../s1. The topological polar surface area (TPSA) is 161 Å². The number of nitro groups is 2. The molecule has 10 heteroatoms. The quantitative estimate of drug-likeness (QED) is 0.222. The van der Waals surface area contributed by atoms with Crippen molar-refractivity contribution in [3.05, 3.63) is 43.5 Å². The molecule has 0 heterocycles. The minimum atomic E-state index is -0.927. The molecule has 0 aromatic heterocycles. The average molecular weight is 511 g/mol. The van der Waals surface area contributed by atoms with E-state index in [4.69, 9.17) is 10.2 Å². The van der Waals surface area contributed by atoms with E-state index >= 15 is 0 Å². The van der Waals surface area contributed by atoms with Crippen LogP contribution in [-0.4, -0.2) is 45.1 Å². The number of hydrogen-bond acceptors (Lipinski definition) is 6. The van der Waals surface area contributed by atoms with E-state index < -0.39 is 22.8 Å². The lowest BCUT2D eigenvalue weighted by Gasteiger charge is -2.48. The summed E-state index contributed by atoms with van der Waals surface area (Å²) in [6.45, 7) is 3.72. The first kappa shape index (κ1) is 31.3. The fraction of sp³-hybridized carbons (Fsp3) is 0.769. The maximum absolute atomic E-state index is 10.9. The van der Waals surface area contributed by atoms with Crippen LogP contribution in [0.4, 0.5) is 0 Å². The molecule has 2 fully saturated rings. The maximum atomic E-state index is 10.9. The summed E-state index contributed by atoms with van der Waals surface area (Å²) in [4.78, 5) is 42.5. The number of aliphatic carboxylic acids is 2. The van der Waals surface area contributed by atoms with Crippen molar-refractivity contribution < 1.29 is 29.6 Å². The van der Waals surface area contributed by atoms with E-state index in [9.17, 15) is 29.8 Å². The molecule has 0 saturated heterocycles. The molecule has 0 spiro atoms. The first-order valence-corrected chi connectivity index (χ1v) is 12.0. The Hall–Kier alpha value is -2.78. The number of fused-ring (bicyclic) bond motifs is 2. The monoisotopic (exact) mass is 510 g/mol. The molecule has 4 rings (SSSR count). The minimum Gasteiger partial charge on any atom is -0.481 e. The number of allylic oxidation sites excluding steroid dienone is 4. The predicted octanol–water partition coefficient (Wildman–Crippen LogP) is 5.47. The molecular formula is C26H42N2O8. The summed E-state index contributed by atoms with van der Waals surface area (Å²) in [6.07, 6.45) is 9.34. The van der Waals surface area contributed by atoms with Gasteiger partial charge in [0.1, 0.15) is 0 Å². The molecule has 4 aliphatic carbocycles. The van der Waals surface area contributed by atoms with Gasteiger partial charge in [-0.25, -0.2) is 0 Å². The smallest absolute Gasteiger partial charge is 0.304 e. The summed E-state index contributed by atoms with van der Waals surface area (Å²) in [5, 5.41) is 39.3. The van der Waals surface area contributed by atoms with Gasteiger partial charge in [0.15, 0.2) is 0 Å². The molecule has 10 nitrogen and oxygen atoms in total. The largest absolute Gasteiger partial charge is 0.481 e. The Labute approximate surface area is 213 Å². The van der Waals surface area contributed by atoms with Crippen LogP contribution in [0.2, 0.25) is 0 Å². The minimum absolute atomic E-state index is 0. The molecule has 36 heavy (non-hydrogen) atoms. The maximum Gasteiger partial charge on any atom is 0.304 e. The Morgan fingerprint density at radius 1 is 0.833 bits per heavy atom. The van der Waals surface area contributed by atoms with Gasteiger partial charge in [-0.05, 0) is 62.2 Å². The van der Waals surface area contributed by atoms with Crippen molar-refractivity contribution in [3.63, 3.8) is 0 Å². The van der Waals surface area contributed by atoms with Crippen LogP contribution in [0.25, 0.3) is 0 Å². The summed E-state index contributed by atoms with van der Waals surface area (Å²) in [6, 6.07) is 0. The van der Waals surface area contributed by atoms with Crippen molar-refractivity contribution in [1.29, 1.82) is 0 Å². The number of hydrogen-bond donors (Lipinski definition) is 2. The van der Waals surface area contributed by atoms with Crippen LogP contribution in [-0.2, 0) is 9.59 Å². The van der Waals surface area contributed by atoms with E-state index in [2.05, 4.69) is 26.0 Å². The molecule has 0 unspecified atom stereocenters. The summed E-state index contributed by atoms with van der Waals surface area (Å²) >= 11 is 0. The average Bonchev–Trinajstić information content (AvgIpc) is 3.24. The number of nitrogens with zero attached hydrogens (tertiary/aromatic N) is 2. The summed E-state index contributed by atoms with van der Waals surface area (Å²) in [7, 11) is 0. The van der Waals surface area contributed by atoms with Crippen molar-refractivity contribution in [3.8, 4) is 0 Å². The van der Waals surface area contributed by atoms with Crippen molar-refractivity contribution in [2.75, 3.05) is 13.1 Å². The number of carboxylic acids is 2. The van der Waals surface area contributed by atoms with Gasteiger partial charge in [0.2, 0.25) is 13.1 Å². The molecule has 0 aromatic rings. The zero-order valence-corrected chi connectivity index (χ0v) is 19.8. The van der Waals surface area contributed by atoms with Gasteiger partial charge in [-0.1, -0.05) is 52.0 Å². The van der Waals surface area contributed by atoms with E-state index in [1.165, 1.54) is 11.1 Å². The molecule has 4 aliphatic rings. The van der Waals surface area contributed by atoms with Gasteiger partial charge in [-0.15, -0.1) is 0 Å². The number of rotatable bonds is 10. The van der Waals surface area contributed by atoms with Crippen LogP contribution in [0.15, 0.2) is 23.3 Å². The highest BCUT2D eigenvalue weighted by molar-refractivity contribution is 5.68. The van der Waals surface area contributed by atoms with Gasteiger partial charge in [0.05, 0.1) is 23.7 Å². The van der Waals surface area contributed by atoms with Crippen molar-refractivity contribution in [2.24, 2.45) is 34.5 Å². The van der Waals surface area contributed by atoms with E-state index in [0.29, 0.717) is 24.7 Å². The van der Waals surface area contributed by atoms with Gasteiger partial charge in [-0.2, -0.15) is 0 Å². The number of carbonyl (C=O) groups is 2. The van der Waals surface area contributed by atoms with E-state index in [-0.39, 0.29) is 62.5 Å². The van der Waals surface area contributed by atoms with Gasteiger partial charge >= 0.3 is 11.9 Å². The normalized spacial score (nSPS) is 32.8. The van der Waals surface area contributed by atoms with E-state index in [0.717, 1.165) is 25.7 Å². The molecule has 0 aliphatic heterocycles. The van der Waals surface area contributed by atoms with E-state index in [1.54, 1.807) is 0 Å². The molecule has 2 N–H and O–H groups in total. The lowest BCUT2D eigenvalue weighted by molar-refractivity contribution is -0.506. The highest BCUT2D eigenvalue weighted by Gasteiger charge is 2.59. The van der Waals surface area contributed by atoms with Crippen molar-refractivity contribution in [2.45, 2.75) is 80.1 Å². The third-order valence-electron chi connectivity index (χ3n) is 8.45. The molecule has 0 aromatic carbocycles. The Kier molecular flexibility index (Phi) is 10.4. The molecule has 204 valence electrons. The van der Waals surface area contributed by atoms with E-state index in [1.807, 2.05) is 0 Å². The third kappa shape index (κ3) is 6.31. The van der Waals surface area contributed by atoms with Crippen molar-refractivity contribution in [1.82, 2.24) is 0 Å². The van der Waals surface area contributed by atoms with Gasteiger partial charge in [0.25, 0.3) is 0 Å². The van der Waals surface area contributed by atoms with Gasteiger partial charge in [-0.3, -0.25) is 29.8 Å². The van der Waals surface area contributed by atoms with Gasteiger partial charge < -0.3 is 10.2 Å². The highest BCUT2D eigenvalue weighted by Crippen LogP contribution is 2.61. The fourth-order valence-electron chi connectivity index (χ4n) is 7.06. The SMILES string of the molecule is C.C.CCC1=C[C@@H]2[C@H](C1)C[C@@]2(CC(=O)O)C[N+](=O)[O-].CCC1=C[C@@H]2[C@H](C1)C[C@@]2(CC(=O)O)C[N+](=O)[O-]. The third-order valence-corrected chi connectivity index (χ3v) is 8.45. The molecule has 0 bridgehead atoms. The Balaban J connectivity index is 0.000000341. The lowest BCUT2D eigenvalue weighted by Crippen LogP contribution is -2.50. The van der Waals surface area contributed by atoms with Crippen LogP contribution >= 0.6 is 0 Å². The lowest BCUT2D eigenvalue weighted by atomic mass is 9.53. The first-order valence-electron chi connectivity index (χ1n) is 12.0. The molecule has 2 saturated carbocycles. The Morgan fingerprint density at radius 2 is 1.17 bits per heavy atom. The molecule has 6 atom stereocenters.